The zero-order valence-electron chi connectivity index (χ0n) is 5.80. The SMILES string of the molecule is OC(CF)c1ccccc1Cl. The predicted octanol–water partition coefficient (Wildman–Crippen LogP) is 2.34. The first kappa shape index (κ1) is 8.50. The van der Waals surface area contributed by atoms with Crippen LogP contribution in [0.5, 0.6) is 0 Å². The summed E-state index contributed by atoms with van der Waals surface area (Å²) in [4.78, 5) is 0. The first-order valence-corrected chi connectivity index (χ1v) is 3.62. The molecular weight excluding hydrogens is 167 g/mol. The predicted molar refractivity (Wildman–Crippen MR) is 42.4 cm³/mol. The Morgan fingerprint density at radius 3 is 2.64 bits per heavy atom. The van der Waals surface area contributed by atoms with Crippen LogP contribution in [0.15, 0.2) is 24.3 Å². The number of aliphatic hydroxyl groups is 1. The van der Waals surface area contributed by atoms with Gasteiger partial charge in [-0.1, -0.05) is 29.8 Å². The van der Waals surface area contributed by atoms with Crippen molar-refractivity contribution in [1.82, 2.24) is 0 Å². The molecule has 1 aromatic carbocycles. The molecule has 1 atom stereocenters. The molecule has 0 aliphatic rings. The van der Waals surface area contributed by atoms with Crippen LogP contribution >= 0.6 is 11.6 Å². The molecule has 0 aliphatic heterocycles. The zero-order chi connectivity index (χ0) is 8.27. The van der Waals surface area contributed by atoms with E-state index < -0.39 is 12.8 Å². The van der Waals surface area contributed by atoms with Crippen molar-refractivity contribution in [2.24, 2.45) is 0 Å². The summed E-state index contributed by atoms with van der Waals surface area (Å²) in [5, 5.41) is 9.45. The van der Waals surface area contributed by atoms with Crippen molar-refractivity contribution in [3.63, 3.8) is 0 Å². The highest BCUT2D eigenvalue weighted by atomic mass is 35.5. The summed E-state index contributed by atoms with van der Waals surface area (Å²) in [6.07, 6.45) is -1.09. The quantitative estimate of drug-likeness (QED) is 0.730. The molecule has 0 aromatic heterocycles. The number of aliphatic hydroxyl groups excluding tert-OH is 1. The molecule has 11 heavy (non-hydrogen) atoms. The lowest BCUT2D eigenvalue weighted by Crippen LogP contribution is -1.99. The van der Waals surface area contributed by atoms with Gasteiger partial charge >= 0.3 is 0 Å². The fraction of sp³-hybridized carbons (Fsp3) is 0.250. The van der Waals surface area contributed by atoms with Crippen molar-refractivity contribution in [3.05, 3.63) is 34.9 Å². The fourth-order valence-corrected chi connectivity index (χ4v) is 1.09. The van der Waals surface area contributed by atoms with E-state index in [0.29, 0.717) is 10.6 Å². The van der Waals surface area contributed by atoms with Gasteiger partial charge < -0.3 is 5.11 Å². The van der Waals surface area contributed by atoms with Crippen LogP contribution in [0.25, 0.3) is 0 Å². The van der Waals surface area contributed by atoms with E-state index in [-0.39, 0.29) is 0 Å². The van der Waals surface area contributed by atoms with E-state index >= 15 is 0 Å². The molecule has 1 aromatic rings. The number of hydrogen-bond acceptors (Lipinski definition) is 1. The Morgan fingerprint density at radius 2 is 2.09 bits per heavy atom. The van der Waals surface area contributed by atoms with Crippen LogP contribution in [0, 0.1) is 0 Å². The summed E-state index contributed by atoms with van der Waals surface area (Å²) in [6.45, 7) is -0.802. The molecule has 0 saturated carbocycles. The maximum absolute atomic E-state index is 11.9. The minimum atomic E-state index is -1.09. The maximum atomic E-state index is 11.9. The zero-order valence-corrected chi connectivity index (χ0v) is 6.55. The van der Waals surface area contributed by atoms with Gasteiger partial charge in [0, 0.05) is 10.6 Å². The van der Waals surface area contributed by atoms with Crippen LogP contribution in [0.1, 0.15) is 11.7 Å². The van der Waals surface area contributed by atoms with E-state index in [1.54, 1.807) is 24.3 Å². The third-order valence-electron chi connectivity index (χ3n) is 1.41. The van der Waals surface area contributed by atoms with Gasteiger partial charge in [0.05, 0.1) is 0 Å². The Bertz CT molecular complexity index is 239. The smallest absolute Gasteiger partial charge is 0.120 e. The van der Waals surface area contributed by atoms with Gasteiger partial charge in [-0.15, -0.1) is 0 Å². The fourth-order valence-electron chi connectivity index (χ4n) is 0.828. The molecule has 0 heterocycles. The molecule has 0 bridgehead atoms. The normalized spacial score (nSPS) is 13.0. The molecule has 3 heteroatoms. The number of halogens is 2. The van der Waals surface area contributed by atoms with E-state index in [0.717, 1.165) is 0 Å². The highest BCUT2D eigenvalue weighted by molar-refractivity contribution is 6.31. The highest BCUT2D eigenvalue weighted by Crippen LogP contribution is 2.22. The van der Waals surface area contributed by atoms with Crippen molar-refractivity contribution < 1.29 is 9.50 Å². The standard InChI is InChI=1S/C8H8ClFO/c9-7-4-2-1-3-6(7)8(11)5-10/h1-4,8,11H,5H2. The molecule has 1 unspecified atom stereocenters. The minimum Gasteiger partial charge on any atom is -0.386 e. The van der Waals surface area contributed by atoms with Crippen LogP contribution in [0.2, 0.25) is 5.02 Å². The third-order valence-corrected chi connectivity index (χ3v) is 1.75. The van der Waals surface area contributed by atoms with E-state index in [4.69, 9.17) is 16.7 Å². The topological polar surface area (TPSA) is 20.2 Å². The molecule has 60 valence electrons. The molecule has 0 saturated heterocycles. The summed E-state index contributed by atoms with van der Waals surface area (Å²) in [6, 6.07) is 6.67. The van der Waals surface area contributed by atoms with E-state index in [1.807, 2.05) is 0 Å². The number of rotatable bonds is 2. The van der Waals surface area contributed by atoms with Crippen LogP contribution < -0.4 is 0 Å². The summed E-state index contributed by atoms with van der Waals surface area (Å²) in [5.41, 5.74) is 0.441. The van der Waals surface area contributed by atoms with E-state index in [9.17, 15) is 4.39 Å². The molecule has 0 amide bonds. The average molecular weight is 175 g/mol. The summed E-state index contributed by atoms with van der Waals surface area (Å²) < 4.78 is 11.9. The van der Waals surface area contributed by atoms with Crippen LogP contribution in [0.3, 0.4) is 0 Å². The van der Waals surface area contributed by atoms with Crippen LogP contribution in [-0.2, 0) is 0 Å². The monoisotopic (exact) mass is 174 g/mol. The number of hydrogen-bond donors (Lipinski definition) is 1. The van der Waals surface area contributed by atoms with Gasteiger partial charge in [0.25, 0.3) is 0 Å². The van der Waals surface area contributed by atoms with E-state index in [2.05, 4.69) is 0 Å². The van der Waals surface area contributed by atoms with E-state index in [1.165, 1.54) is 0 Å². The van der Waals surface area contributed by atoms with Gasteiger partial charge in [0.1, 0.15) is 12.8 Å². The second-order valence-corrected chi connectivity index (χ2v) is 2.60. The van der Waals surface area contributed by atoms with Crippen molar-refractivity contribution in [2.45, 2.75) is 6.10 Å². The van der Waals surface area contributed by atoms with Gasteiger partial charge in [-0.2, -0.15) is 0 Å². The third kappa shape index (κ3) is 1.91. The Kier molecular flexibility index (Phi) is 2.85. The van der Waals surface area contributed by atoms with Crippen molar-refractivity contribution in [1.29, 1.82) is 0 Å². The highest BCUT2D eigenvalue weighted by Gasteiger charge is 2.09. The summed E-state index contributed by atoms with van der Waals surface area (Å²) >= 11 is 5.67. The second-order valence-electron chi connectivity index (χ2n) is 2.19. The van der Waals surface area contributed by atoms with Gasteiger partial charge in [-0.3, -0.25) is 0 Å². The lowest BCUT2D eigenvalue weighted by atomic mass is 10.1. The summed E-state index contributed by atoms with van der Waals surface area (Å²) in [7, 11) is 0. The lowest BCUT2D eigenvalue weighted by Gasteiger charge is -2.06. The average Bonchev–Trinajstić information content (AvgIpc) is 2.04. The summed E-state index contributed by atoms with van der Waals surface area (Å²) in [5.74, 6) is 0. The number of benzene rings is 1. The Balaban J connectivity index is 2.93. The Morgan fingerprint density at radius 1 is 1.45 bits per heavy atom. The molecule has 1 N–H and O–H groups in total. The van der Waals surface area contributed by atoms with Crippen molar-refractivity contribution in [3.8, 4) is 0 Å². The molecule has 0 radical (unpaired) electrons. The van der Waals surface area contributed by atoms with Gasteiger partial charge in [-0.05, 0) is 6.07 Å². The molecule has 0 aliphatic carbocycles. The molecule has 0 spiro atoms. The van der Waals surface area contributed by atoms with Gasteiger partial charge in [0.2, 0.25) is 0 Å². The first-order valence-electron chi connectivity index (χ1n) is 3.24. The van der Waals surface area contributed by atoms with Gasteiger partial charge in [0.15, 0.2) is 0 Å². The molecule has 0 fully saturated rings. The first-order chi connectivity index (χ1) is 5.25. The Hall–Kier alpha value is -0.600. The largest absolute Gasteiger partial charge is 0.386 e. The van der Waals surface area contributed by atoms with Gasteiger partial charge in [-0.25, -0.2) is 4.39 Å². The molecule has 1 rings (SSSR count). The lowest BCUT2D eigenvalue weighted by molar-refractivity contribution is 0.142. The molecular formula is C8H8ClFO. The van der Waals surface area contributed by atoms with Crippen molar-refractivity contribution in [2.75, 3.05) is 6.67 Å². The molecule has 1 nitrogen and oxygen atoms in total. The van der Waals surface area contributed by atoms with Crippen molar-refractivity contribution >= 4 is 11.6 Å². The maximum Gasteiger partial charge on any atom is 0.120 e. The number of alkyl halides is 1. The van der Waals surface area contributed by atoms with Crippen LogP contribution in [-0.4, -0.2) is 11.8 Å². The Labute approximate surface area is 69.4 Å². The second kappa shape index (κ2) is 3.69. The van der Waals surface area contributed by atoms with Crippen LogP contribution in [0.4, 0.5) is 4.39 Å². The minimum absolute atomic E-state index is 0.401.